The van der Waals surface area contributed by atoms with E-state index in [1.54, 1.807) is 10.7 Å². The monoisotopic (exact) mass is 391 g/mol. The molecule has 0 aliphatic heterocycles. The minimum Gasteiger partial charge on any atom is -0.462 e. The van der Waals surface area contributed by atoms with Crippen molar-refractivity contribution in [3.05, 3.63) is 39.6 Å². The summed E-state index contributed by atoms with van der Waals surface area (Å²) in [5.74, 6) is 0.148. The number of hydrogen-bond acceptors (Lipinski definition) is 5. The number of carbonyl (C=O) groups excluding carboxylic acids is 1. The number of esters is 1. The number of fused-ring (bicyclic) bond motifs is 1. The number of aromatic nitrogens is 3. The molecule has 3 heterocycles. The van der Waals surface area contributed by atoms with E-state index in [0.29, 0.717) is 17.4 Å². The molecule has 0 aromatic carbocycles. The molecule has 1 fully saturated rings. The maximum absolute atomic E-state index is 12.2. The van der Waals surface area contributed by atoms with Crippen molar-refractivity contribution in [1.82, 2.24) is 14.6 Å². The highest BCUT2D eigenvalue weighted by atomic mass is 79.9. The van der Waals surface area contributed by atoms with Crippen molar-refractivity contribution in [2.45, 2.75) is 25.7 Å². The average molecular weight is 392 g/mol. The lowest BCUT2D eigenvalue weighted by atomic mass is 10.2. The molecular formula is C16H14BrN3O2S. The van der Waals surface area contributed by atoms with Crippen molar-refractivity contribution in [2.75, 3.05) is 6.61 Å². The summed E-state index contributed by atoms with van der Waals surface area (Å²) in [7, 11) is 0. The largest absolute Gasteiger partial charge is 0.462 e. The van der Waals surface area contributed by atoms with Gasteiger partial charge in [-0.2, -0.15) is 5.10 Å². The summed E-state index contributed by atoms with van der Waals surface area (Å²) in [6.07, 6.45) is 5.86. The van der Waals surface area contributed by atoms with Crippen LogP contribution in [-0.4, -0.2) is 27.2 Å². The van der Waals surface area contributed by atoms with Crippen molar-refractivity contribution in [1.29, 1.82) is 0 Å². The first-order valence-electron chi connectivity index (χ1n) is 7.48. The Bertz CT molecular complexity index is 898. The lowest BCUT2D eigenvalue weighted by Gasteiger charge is -1.99. The number of pyridine rings is 1. The Morgan fingerprint density at radius 1 is 1.52 bits per heavy atom. The molecule has 5 nitrogen and oxygen atoms in total. The van der Waals surface area contributed by atoms with Gasteiger partial charge in [-0.15, -0.1) is 11.3 Å². The topological polar surface area (TPSA) is 56.5 Å². The third-order valence-electron chi connectivity index (χ3n) is 3.80. The minimum atomic E-state index is -0.259. The van der Waals surface area contributed by atoms with Gasteiger partial charge in [0.1, 0.15) is 9.88 Å². The highest BCUT2D eigenvalue weighted by Gasteiger charge is 2.32. The molecule has 0 unspecified atom stereocenters. The fraction of sp³-hybridized carbons (Fsp3) is 0.312. The lowest BCUT2D eigenvalue weighted by molar-refractivity contribution is 0.0530. The van der Waals surface area contributed by atoms with Gasteiger partial charge in [0.05, 0.1) is 28.5 Å². The molecular weight excluding hydrogens is 378 g/mol. The number of rotatable bonds is 4. The number of thiazole rings is 1. The van der Waals surface area contributed by atoms with Crippen LogP contribution in [0, 0.1) is 0 Å². The molecule has 23 heavy (non-hydrogen) atoms. The molecule has 0 amide bonds. The van der Waals surface area contributed by atoms with E-state index in [0.717, 1.165) is 39.1 Å². The normalized spacial score (nSPS) is 14.3. The Morgan fingerprint density at radius 2 is 2.35 bits per heavy atom. The lowest BCUT2D eigenvalue weighted by Crippen LogP contribution is -2.05. The van der Waals surface area contributed by atoms with E-state index in [1.807, 2.05) is 25.3 Å². The van der Waals surface area contributed by atoms with E-state index in [9.17, 15) is 4.79 Å². The quantitative estimate of drug-likeness (QED) is 0.622. The third-order valence-corrected chi connectivity index (χ3v) is 5.51. The van der Waals surface area contributed by atoms with E-state index < -0.39 is 0 Å². The molecule has 4 rings (SSSR count). The zero-order valence-electron chi connectivity index (χ0n) is 12.5. The molecule has 0 saturated heterocycles. The van der Waals surface area contributed by atoms with Gasteiger partial charge in [0.2, 0.25) is 0 Å². The highest BCUT2D eigenvalue weighted by Crippen LogP contribution is 2.44. The summed E-state index contributed by atoms with van der Waals surface area (Å²) in [6.45, 7) is 2.20. The summed E-state index contributed by atoms with van der Waals surface area (Å²) in [5, 5.41) is 5.10. The van der Waals surface area contributed by atoms with Gasteiger partial charge in [0, 0.05) is 17.7 Å². The fourth-order valence-corrected chi connectivity index (χ4v) is 3.94. The molecule has 0 bridgehead atoms. The fourth-order valence-electron chi connectivity index (χ4n) is 2.52. The molecule has 118 valence electrons. The standard InChI is InChI=1S/C16H14BrN3O2S/c1-2-22-16(21)14-13(9-3-4-9)19-15(23-14)10-5-6-20-12(7-10)11(17)8-18-20/h5-9H,2-4H2,1H3. The van der Waals surface area contributed by atoms with Crippen LogP contribution in [0.25, 0.3) is 16.1 Å². The zero-order chi connectivity index (χ0) is 16.0. The molecule has 0 atom stereocenters. The second-order valence-electron chi connectivity index (χ2n) is 5.47. The number of hydrogen-bond donors (Lipinski definition) is 0. The maximum Gasteiger partial charge on any atom is 0.350 e. The first-order valence-corrected chi connectivity index (χ1v) is 9.09. The van der Waals surface area contributed by atoms with Crippen LogP contribution >= 0.6 is 27.3 Å². The van der Waals surface area contributed by atoms with Crippen molar-refractivity contribution in [3.63, 3.8) is 0 Å². The third kappa shape index (κ3) is 2.68. The Kier molecular flexibility index (Phi) is 3.69. The van der Waals surface area contributed by atoms with Gasteiger partial charge in [-0.1, -0.05) is 0 Å². The van der Waals surface area contributed by atoms with Gasteiger partial charge in [-0.25, -0.2) is 14.3 Å². The zero-order valence-corrected chi connectivity index (χ0v) is 14.9. The van der Waals surface area contributed by atoms with Crippen LogP contribution in [0.5, 0.6) is 0 Å². The minimum absolute atomic E-state index is 0.259. The Morgan fingerprint density at radius 3 is 3.09 bits per heavy atom. The van der Waals surface area contributed by atoms with Gasteiger partial charge in [-0.05, 0) is 47.8 Å². The van der Waals surface area contributed by atoms with Crippen molar-refractivity contribution >= 4 is 38.8 Å². The summed E-state index contributed by atoms with van der Waals surface area (Å²) < 4.78 is 7.92. The molecule has 0 spiro atoms. The number of ether oxygens (including phenoxy) is 1. The Hall–Kier alpha value is -1.73. The molecule has 3 aromatic heterocycles. The summed E-state index contributed by atoms with van der Waals surface area (Å²) in [6, 6.07) is 4.00. The van der Waals surface area contributed by atoms with Crippen LogP contribution in [-0.2, 0) is 4.74 Å². The number of halogens is 1. The molecule has 0 radical (unpaired) electrons. The number of carbonyl (C=O) groups is 1. The predicted molar refractivity (Wildman–Crippen MR) is 91.9 cm³/mol. The average Bonchev–Trinajstić information content (AvgIpc) is 3.20. The second kappa shape index (κ2) is 5.72. The van der Waals surface area contributed by atoms with Crippen molar-refractivity contribution in [2.24, 2.45) is 0 Å². The van der Waals surface area contributed by atoms with Crippen LogP contribution in [0.2, 0.25) is 0 Å². The van der Waals surface area contributed by atoms with Crippen LogP contribution < -0.4 is 0 Å². The van der Waals surface area contributed by atoms with E-state index >= 15 is 0 Å². The molecule has 3 aromatic rings. The van der Waals surface area contributed by atoms with Crippen LogP contribution in [0.3, 0.4) is 0 Å². The van der Waals surface area contributed by atoms with Gasteiger partial charge in [0.15, 0.2) is 0 Å². The maximum atomic E-state index is 12.2. The summed E-state index contributed by atoms with van der Waals surface area (Å²) >= 11 is 4.91. The first kappa shape index (κ1) is 14.8. The van der Waals surface area contributed by atoms with E-state index in [-0.39, 0.29) is 5.97 Å². The van der Waals surface area contributed by atoms with Crippen molar-refractivity contribution in [3.8, 4) is 10.6 Å². The Labute approximate surface area is 145 Å². The van der Waals surface area contributed by atoms with E-state index in [4.69, 9.17) is 9.72 Å². The first-order chi connectivity index (χ1) is 11.2. The molecule has 1 saturated carbocycles. The van der Waals surface area contributed by atoms with Gasteiger partial charge < -0.3 is 4.74 Å². The highest BCUT2D eigenvalue weighted by molar-refractivity contribution is 9.10. The van der Waals surface area contributed by atoms with Gasteiger partial charge >= 0.3 is 5.97 Å². The van der Waals surface area contributed by atoms with Crippen molar-refractivity contribution < 1.29 is 9.53 Å². The number of nitrogens with zero attached hydrogens (tertiary/aromatic N) is 3. The predicted octanol–water partition coefficient (Wildman–Crippen LogP) is 4.27. The van der Waals surface area contributed by atoms with Crippen LogP contribution in [0.15, 0.2) is 29.0 Å². The van der Waals surface area contributed by atoms with Crippen LogP contribution in [0.4, 0.5) is 0 Å². The summed E-state index contributed by atoms with van der Waals surface area (Å²) in [4.78, 5) is 17.6. The second-order valence-corrected chi connectivity index (χ2v) is 7.32. The molecule has 7 heteroatoms. The van der Waals surface area contributed by atoms with Crippen LogP contribution in [0.1, 0.15) is 41.0 Å². The van der Waals surface area contributed by atoms with Gasteiger partial charge in [0.25, 0.3) is 0 Å². The molecule has 1 aliphatic rings. The molecule has 0 N–H and O–H groups in total. The summed E-state index contributed by atoms with van der Waals surface area (Å²) in [5.41, 5.74) is 2.86. The van der Waals surface area contributed by atoms with Gasteiger partial charge in [-0.3, -0.25) is 0 Å². The smallest absolute Gasteiger partial charge is 0.350 e. The molecule has 1 aliphatic carbocycles. The van der Waals surface area contributed by atoms with E-state index in [2.05, 4.69) is 21.0 Å². The van der Waals surface area contributed by atoms with E-state index in [1.165, 1.54) is 11.3 Å². The SMILES string of the molecule is CCOC(=O)c1sc(-c2ccn3ncc(Br)c3c2)nc1C1CC1. The Balaban J connectivity index is 1.79.